The van der Waals surface area contributed by atoms with E-state index in [1.807, 2.05) is 0 Å². The summed E-state index contributed by atoms with van der Waals surface area (Å²) in [5.41, 5.74) is 0. The normalized spacial score (nSPS) is 28.8. The molecule has 4 nitrogen and oxygen atoms in total. The molecule has 1 heterocycles. The van der Waals surface area contributed by atoms with Crippen LogP contribution in [0.4, 0.5) is 0 Å². The van der Waals surface area contributed by atoms with Crippen molar-refractivity contribution in [3.05, 3.63) is 0 Å². The highest BCUT2D eigenvalue weighted by molar-refractivity contribution is 4.92. The first kappa shape index (κ1) is 16.2. The topological polar surface area (TPSA) is 21.8 Å². The molecule has 0 spiro atoms. The molecule has 2 aliphatic rings. The minimum absolute atomic E-state index is 0.871. The van der Waals surface area contributed by atoms with Gasteiger partial charge in [-0.05, 0) is 52.4 Å². The average Bonchev–Trinajstić information content (AvgIpc) is 2.41. The quantitative estimate of drug-likeness (QED) is 0.669. The number of rotatable bonds is 8. The van der Waals surface area contributed by atoms with Crippen molar-refractivity contribution in [1.82, 2.24) is 20.0 Å². The Morgan fingerprint density at radius 1 is 1.10 bits per heavy atom. The number of hydrogen-bond acceptors (Lipinski definition) is 4. The number of piperazine rings is 1. The Balaban J connectivity index is 1.63. The molecule has 1 saturated carbocycles. The first-order valence-electron chi connectivity index (χ1n) is 8.52. The Bertz CT molecular complexity index is 261. The van der Waals surface area contributed by atoms with Gasteiger partial charge in [-0.2, -0.15) is 0 Å². The standard InChI is InChI=1S/C16H34N4/c1-4-7-17-14-15-5-6-16(15)20-12-10-19(11-13-20)9-8-18(2)3/h15-17H,4-14H2,1-3H3. The van der Waals surface area contributed by atoms with Crippen molar-refractivity contribution >= 4 is 0 Å². The molecule has 2 atom stereocenters. The second kappa shape index (κ2) is 8.32. The van der Waals surface area contributed by atoms with Crippen LogP contribution in [0.1, 0.15) is 26.2 Å². The highest BCUT2D eigenvalue weighted by Gasteiger charge is 2.36. The van der Waals surface area contributed by atoms with Gasteiger partial charge in [0.05, 0.1) is 0 Å². The maximum absolute atomic E-state index is 3.61. The SMILES string of the molecule is CCCNCC1CCC1N1CCN(CCN(C)C)CC1. The molecule has 1 saturated heterocycles. The molecule has 4 heteroatoms. The van der Waals surface area contributed by atoms with E-state index in [0.717, 1.165) is 12.0 Å². The van der Waals surface area contributed by atoms with E-state index in [1.165, 1.54) is 71.6 Å². The van der Waals surface area contributed by atoms with Crippen LogP contribution in [0.5, 0.6) is 0 Å². The first-order valence-corrected chi connectivity index (χ1v) is 8.52. The van der Waals surface area contributed by atoms with Crippen molar-refractivity contribution < 1.29 is 0 Å². The van der Waals surface area contributed by atoms with Gasteiger partial charge in [-0.15, -0.1) is 0 Å². The van der Waals surface area contributed by atoms with Crippen LogP contribution in [0.15, 0.2) is 0 Å². The molecule has 118 valence electrons. The molecule has 1 aliphatic carbocycles. The Kier molecular flexibility index (Phi) is 6.75. The van der Waals surface area contributed by atoms with Crippen molar-refractivity contribution in [2.45, 2.75) is 32.2 Å². The van der Waals surface area contributed by atoms with Crippen LogP contribution in [0.2, 0.25) is 0 Å². The van der Waals surface area contributed by atoms with E-state index in [4.69, 9.17) is 0 Å². The molecule has 0 bridgehead atoms. The van der Waals surface area contributed by atoms with Crippen LogP contribution < -0.4 is 5.32 Å². The smallest absolute Gasteiger partial charge is 0.0137 e. The van der Waals surface area contributed by atoms with E-state index in [2.05, 4.69) is 41.0 Å². The Labute approximate surface area is 125 Å². The van der Waals surface area contributed by atoms with Crippen LogP contribution in [0.25, 0.3) is 0 Å². The van der Waals surface area contributed by atoms with E-state index in [9.17, 15) is 0 Å². The van der Waals surface area contributed by atoms with Gasteiger partial charge in [0.1, 0.15) is 0 Å². The molecule has 1 aliphatic heterocycles. The second-order valence-electron chi connectivity index (χ2n) is 6.79. The van der Waals surface area contributed by atoms with Gasteiger partial charge in [0.25, 0.3) is 0 Å². The summed E-state index contributed by atoms with van der Waals surface area (Å²) >= 11 is 0. The molecule has 2 unspecified atom stereocenters. The summed E-state index contributed by atoms with van der Waals surface area (Å²) in [5, 5.41) is 3.61. The number of hydrogen-bond donors (Lipinski definition) is 1. The van der Waals surface area contributed by atoms with Crippen molar-refractivity contribution in [3.63, 3.8) is 0 Å². The molecule has 2 fully saturated rings. The molecule has 0 aromatic carbocycles. The average molecular weight is 282 g/mol. The third-order valence-corrected chi connectivity index (χ3v) is 4.95. The van der Waals surface area contributed by atoms with Gasteiger partial charge in [0.15, 0.2) is 0 Å². The van der Waals surface area contributed by atoms with Gasteiger partial charge in [0.2, 0.25) is 0 Å². The maximum Gasteiger partial charge on any atom is 0.0137 e. The lowest BCUT2D eigenvalue weighted by Gasteiger charge is -2.48. The van der Waals surface area contributed by atoms with Gasteiger partial charge >= 0.3 is 0 Å². The Morgan fingerprint density at radius 2 is 1.85 bits per heavy atom. The zero-order chi connectivity index (χ0) is 14.4. The Hall–Kier alpha value is -0.160. The largest absolute Gasteiger partial charge is 0.316 e. The zero-order valence-corrected chi connectivity index (χ0v) is 13.8. The predicted molar refractivity (Wildman–Crippen MR) is 86.2 cm³/mol. The van der Waals surface area contributed by atoms with E-state index in [0.29, 0.717) is 0 Å². The van der Waals surface area contributed by atoms with Crippen LogP contribution in [0.3, 0.4) is 0 Å². The van der Waals surface area contributed by atoms with Gasteiger partial charge in [-0.25, -0.2) is 0 Å². The molecule has 1 N–H and O–H groups in total. The fourth-order valence-corrected chi connectivity index (χ4v) is 3.39. The summed E-state index contributed by atoms with van der Waals surface area (Å²) < 4.78 is 0. The Morgan fingerprint density at radius 3 is 2.40 bits per heavy atom. The summed E-state index contributed by atoms with van der Waals surface area (Å²) in [5.74, 6) is 0.912. The van der Waals surface area contributed by atoms with E-state index in [-0.39, 0.29) is 0 Å². The second-order valence-corrected chi connectivity index (χ2v) is 6.79. The minimum atomic E-state index is 0.871. The van der Waals surface area contributed by atoms with Crippen molar-refractivity contribution in [3.8, 4) is 0 Å². The highest BCUT2D eigenvalue weighted by Crippen LogP contribution is 2.32. The molecule has 20 heavy (non-hydrogen) atoms. The van der Waals surface area contributed by atoms with Crippen molar-refractivity contribution in [1.29, 1.82) is 0 Å². The zero-order valence-electron chi connectivity index (χ0n) is 13.8. The third kappa shape index (κ3) is 4.69. The minimum Gasteiger partial charge on any atom is -0.316 e. The molecule has 0 aromatic heterocycles. The highest BCUT2D eigenvalue weighted by atomic mass is 15.3. The van der Waals surface area contributed by atoms with Crippen LogP contribution in [-0.4, -0.2) is 87.2 Å². The molecular formula is C16H34N4. The molecular weight excluding hydrogens is 248 g/mol. The maximum atomic E-state index is 3.61. The van der Waals surface area contributed by atoms with Gasteiger partial charge < -0.3 is 10.2 Å². The lowest BCUT2D eigenvalue weighted by molar-refractivity contribution is 0.0200. The van der Waals surface area contributed by atoms with Crippen LogP contribution in [-0.2, 0) is 0 Å². The molecule has 0 radical (unpaired) electrons. The van der Waals surface area contributed by atoms with E-state index < -0.39 is 0 Å². The van der Waals surface area contributed by atoms with Gasteiger partial charge in [-0.1, -0.05) is 6.92 Å². The lowest BCUT2D eigenvalue weighted by Crippen LogP contribution is -2.57. The summed E-state index contributed by atoms with van der Waals surface area (Å²) in [6.45, 7) is 12.2. The summed E-state index contributed by atoms with van der Waals surface area (Å²) in [4.78, 5) is 7.67. The lowest BCUT2D eigenvalue weighted by atomic mass is 9.78. The third-order valence-electron chi connectivity index (χ3n) is 4.95. The first-order chi connectivity index (χ1) is 9.70. The fraction of sp³-hybridized carbons (Fsp3) is 1.00. The van der Waals surface area contributed by atoms with Crippen molar-refractivity contribution in [2.24, 2.45) is 5.92 Å². The number of nitrogens with zero attached hydrogens (tertiary/aromatic N) is 3. The molecule has 0 aromatic rings. The summed E-state index contributed by atoms with van der Waals surface area (Å²) in [6, 6.07) is 0.871. The predicted octanol–water partition coefficient (Wildman–Crippen LogP) is 0.944. The van der Waals surface area contributed by atoms with E-state index in [1.54, 1.807) is 0 Å². The summed E-state index contributed by atoms with van der Waals surface area (Å²) in [7, 11) is 4.33. The van der Waals surface area contributed by atoms with Crippen molar-refractivity contribution in [2.75, 3.05) is 66.5 Å². The fourth-order valence-electron chi connectivity index (χ4n) is 3.39. The van der Waals surface area contributed by atoms with E-state index >= 15 is 0 Å². The van der Waals surface area contributed by atoms with Gasteiger partial charge in [0, 0.05) is 45.3 Å². The van der Waals surface area contributed by atoms with Crippen LogP contribution in [0, 0.1) is 5.92 Å². The summed E-state index contributed by atoms with van der Waals surface area (Å²) in [6.07, 6.45) is 4.11. The van der Waals surface area contributed by atoms with Gasteiger partial charge in [-0.3, -0.25) is 9.80 Å². The number of likely N-dealkylation sites (N-methyl/N-ethyl adjacent to an activating group) is 1. The molecule has 0 amide bonds. The molecule has 2 rings (SSSR count). The number of nitrogens with one attached hydrogen (secondary N) is 1. The monoisotopic (exact) mass is 282 g/mol. The van der Waals surface area contributed by atoms with Crippen LogP contribution >= 0.6 is 0 Å².